The summed E-state index contributed by atoms with van der Waals surface area (Å²) in [5.41, 5.74) is 1.19. The topological polar surface area (TPSA) is 29.5 Å². The normalized spacial score (nSPS) is 23.3. The molecule has 3 heteroatoms. The summed E-state index contributed by atoms with van der Waals surface area (Å²) in [5.74, 6) is 1.80. The van der Waals surface area contributed by atoms with Crippen LogP contribution < -0.4 is 4.74 Å². The molecule has 1 aliphatic rings. The average Bonchev–Trinajstić information content (AvgIpc) is 2.43. The van der Waals surface area contributed by atoms with Crippen molar-refractivity contribution in [1.29, 1.82) is 0 Å². The summed E-state index contributed by atoms with van der Waals surface area (Å²) >= 11 is 3.55. The van der Waals surface area contributed by atoms with Gasteiger partial charge in [0.25, 0.3) is 0 Å². The molecular formula is C16H23BrO2. The maximum atomic E-state index is 8.87. The summed E-state index contributed by atoms with van der Waals surface area (Å²) < 4.78 is 7.25. The molecule has 106 valence electrons. The number of benzene rings is 1. The van der Waals surface area contributed by atoms with E-state index in [-0.39, 0.29) is 0 Å². The van der Waals surface area contributed by atoms with E-state index in [9.17, 15) is 0 Å². The zero-order valence-corrected chi connectivity index (χ0v) is 13.2. The Bertz CT molecular complexity index is 398. The van der Waals surface area contributed by atoms with Crippen LogP contribution in [0.25, 0.3) is 0 Å². The summed E-state index contributed by atoms with van der Waals surface area (Å²) in [6, 6.07) is 6.13. The molecule has 1 saturated carbocycles. The van der Waals surface area contributed by atoms with Crippen LogP contribution in [0.1, 0.15) is 44.1 Å². The number of hydrogen-bond acceptors (Lipinski definition) is 2. The minimum absolute atomic E-state index is 0.327. The average molecular weight is 327 g/mol. The molecule has 2 rings (SSSR count). The van der Waals surface area contributed by atoms with Crippen molar-refractivity contribution in [2.24, 2.45) is 5.92 Å². The molecule has 0 spiro atoms. The van der Waals surface area contributed by atoms with Crippen molar-refractivity contribution < 1.29 is 9.84 Å². The second kappa shape index (κ2) is 7.30. The van der Waals surface area contributed by atoms with Gasteiger partial charge in [-0.3, -0.25) is 0 Å². The lowest BCUT2D eigenvalue weighted by Crippen LogP contribution is -2.24. The van der Waals surface area contributed by atoms with E-state index in [0.717, 1.165) is 35.4 Å². The maximum Gasteiger partial charge on any atom is 0.123 e. The zero-order chi connectivity index (χ0) is 13.7. The van der Waals surface area contributed by atoms with E-state index in [1.165, 1.54) is 24.8 Å². The van der Waals surface area contributed by atoms with Gasteiger partial charge in [0.05, 0.1) is 6.10 Å². The third-order valence-corrected chi connectivity index (χ3v) is 4.93. The first-order valence-corrected chi connectivity index (χ1v) is 8.02. The molecule has 1 fully saturated rings. The quantitative estimate of drug-likeness (QED) is 0.865. The number of aliphatic hydroxyl groups excluding tert-OH is 1. The molecule has 0 unspecified atom stereocenters. The maximum absolute atomic E-state index is 8.87. The highest BCUT2D eigenvalue weighted by Gasteiger charge is 2.22. The smallest absolute Gasteiger partial charge is 0.123 e. The SMILES string of the molecule is Cc1c(Br)cccc1O[C@H]1CC[C@H](CCCO)CC1. The highest BCUT2D eigenvalue weighted by molar-refractivity contribution is 9.10. The molecule has 1 aromatic rings. The van der Waals surface area contributed by atoms with Crippen LogP contribution in [0.5, 0.6) is 5.75 Å². The molecule has 1 aromatic carbocycles. The Hall–Kier alpha value is -0.540. The predicted octanol–water partition coefficient (Wildman–Crippen LogP) is 4.47. The van der Waals surface area contributed by atoms with Crippen molar-refractivity contribution >= 4 is 15.9 Å². The van der Waals surface area contributed by atoms with Gasteiger partial charge in [0.15, 0.2) is 0 Å². The van der Waals surface area contributed by atoms with Gasteiger partial charge in [-0.25, -0.2) is 0 Å². The van der Waals surface area contributed by atoms with Gasteiger partial charge in [-0.05, 0) is 63.5 Å². The van der Waals surface area contributed by atoms with Crippen LogP contribution in [-0.4, -0.2) is 17.8 Å². The molecule has 0 atom stereocenters. The minimum Gasteiger partial charge on any atom is -0.490 e. The molecule has 0 heterocycles. The highest BCUT2D eigenvalue weighted by atomic mass is 79.9. The molecule has 1 N–H and O–H groups in total. The molecule has 0 radical (unpaired) electrons. The summed E-state index contributed by atoms with van der Waals surface area (Å²) in [4.78, 5) is 0. The van der Waals surface area contributed by atoms with Crippen LogP contribution in [0.2, 0.25) is 0 Å². The summed E-state index contributed by atoms with van der Waals surface area (Å²) in [5, 5.41) is 8.87. The van der Waals surface area contributed by atoms with E-state index >= 15 is 0 Å². The van der Waals surface area contributed by atoms with Gasteiger partial charge >= 0.3 is 0 Å². The van der Waals surface area contributed by atoms with Gasteiger partial charge < -0.3 is 9.84 Å². The molecule has 1 aliphatic carbocycles. The van der Waals surface area contributed by atoms with E-state index in [0.29, 0.717) is 12.7 Å². The van der Waals surface area contributed by atoms with Crippen molar-refractivity contribution in [3.05, 3.63) is 28.2 Å². The minimum atomic E-state index is 0.327. The van der Waals surface area contributed by atoms with E-state index in [1.54, 1.807) is 0 Å². The van der Waals surface area contributed by atoms with Gasteiger partial charge in [0.2, 0.25) is 0 Å². The standard InChI is InChI=1S/C16H23BrO2/c1-12-15(17)5-2-6-16(12)19-14-9-7-13(8-10-14)4-3-11-18/h2,5-6,13-14,18H,3-4,7-11H2,1H3/t13-,14-. The summed E-state index contributed by atoms with van der Waals surface area (Å²) in [6.45, 7) is 2.42. The monoisotopic (exact) mass is 326 g/mol. The summed E-state index contributed by atoms with van der Waals surface area (Å²) in [7, 11) is 0. The first-order valence-electron chi connectivity index (χ1n) is 7.23. The second-order valence-corrected chi connectivity index (χ2v) is 6.34. The largest absolute Gasteiger partial charge is 0.490 e. The van der Waals surface area contributed by atoms with Crippen LogP contribution in [0.4, 0.5) is 0 Å². The number of ether oxygens (including phenoxy) is 1. The van der Waals surface area contributed by atoms with Crippen molar-refractivity contribution in [2.75, 3.05) is 6.61 Å². The van der Waals surface area contributed by atoms with Crippen molar-refractivity contribution in [1.82, 2.24) is 0 Å². The first kappa shape index (κ1) is 14.9. The lowest BCUT2D eigenvalue weighted by molar-refractivity contribution is 0.124. The Morgan fingerprint density at radius 3 is 2.68 bits per heavy atom. The van der Waals surface area contributed by atoms with E-state index in [1.807, 2.05) is 12.1 Å². The predicted molar refractivity (Wildman–Crippen MR) is 81.6 cm³/mol. The second-order valence-electron chi connectivity index (χ2n) is 5.49. The van der Waals surface area contributed by atoms with E-state index in [2.05, 4.69) is 28.9 Å². The Kier molecular flexibility index (Phi) is 5.71. The number of halogens is 1. The van der Waals surface area contributed by atoms with Crippen molar-refractivity contribution in [3.8, 4) is 5.75 Å². The number of rotatable bonds is 5. The van der Waals surface area contributed by atoms with Crippen LogP contribution in [0, 0.1) is 12.8 Å². The Labute approximate surface area is 124 Å². The number of hydrogen-bond donors (Lipinski definition) is 1. The van der Waals surface area contributed by atoms with Gasteiger partial charge in [-0.2, -0.15) is 0 Å². The zero-order valence-electron chi connectivity index (χ0n) is 11.6. The Morgan fingerprint density at radius 1 is 1.26 bits per heavy atom. The van der Waals surface area contributed by atoms with E-state index in [4.69, 9.17) is 9.84 Å². The first-order chi connectivity index (χ1) is 9.20. The number of aliphatic hydroxyl groups is 1. The fourth-order valence-electron chi connectivity index (χ4n) is 2.81. The lowest BCUT2D eigenvalue weighted by atomic mass is 9.84. The van der Waals surface area contributed by atoms with Gasteiger partial charge in [0.1, 0.15) is 5.75 Å². The molecule has 0 bridgehead atoms. The van der Waals surface area contributed by atoms with Crippen molar-refractivity contribution in [2.45, 2.75) is 51.6 Å². The molecule has 0 aromatic heterocycles. The van der Waals surface area contributed by atoms with Crippen molar-refractivity contribution in [3.63, 3.8) is 0 Å². The van der Waals surface area contributed by atoms with E-state index < -0.39 is 0 Å². The molecule has 0 aliphatic heterocycles. The molecule has 0 saturated heterocycles. The lowest BCUT2D eigenvalue weighted by Gasteiger charge is -2.29. The fourth-order valence-corrected chi connectivity index (χ4v) is 3.16. The molecular weight excluding hydrogens is 304 g/mol. The van der Waals surface area contributed by atoms with Crippen LogP contribution in [0.3, 0.4) is 0 Å². The van der Waals surface area contributed by atoms with Crippen LogP contribution in [0.15, 0.2) is 22.7 Å². The van der Waals surface area contributed by atoms with Gasteiger partial charge in [0, 0.05) is 16.6 Å². The molecule has 19 heavy (non-hydrogen) atoms. The third-order valence-electron chi connectivity index (χ3n) is 4.08. The molecule has 2 nitrogen and oxygen atoms in total. The van der Waals surface area contributed by atoms with Crippen LogP contribution in [-0.2, 0) is 0 Å². The summed E-state index contributed by atoms with van der Waals surface area (Å²) in [6.07, 6.45) is 7.22. The Balaban J connectivity index is 1.84. The third kappa shape index (κ3) is 4.22. The fraction of sp³-hybridized carbons (Fsp3) is 0.625. The Morgan fingerprint density at radius 2 is 2.00 bits per heavy atom. The van der Waals surface area contributed by atoms with Gasteiger partial charge in [-0.1, -0.05) is 22.0 Å². The highest BCUT2D eigenvalue weighted by Crippen LogP contribution is 2.32. The molecule has 0 amide bonds. The van der Waals surface area contributed by atoms with Crippen LogP contribution >= 0.6 is 15.9 Å². The van der Waals surface area contributed by atoms with Gasteiger partial charge in [-0.15, -0.1) is 0 Å².